The van der Waals surface area contributed by atoms with E-state index in [0.717, 1.165) is 4.88 Å². The van der Waals surface area contributed by atoms with Crippen LogP contribution in [0.5, 0.6) is 0 Å². The van der Waals surface area contributed by atoms with Gasteiger partial charge in [0.1, 0.15) is 11.9 Å². The van der Waals surface area contributed by atoms with Gasteiger partial charge in [-0.3, -0.25) is 4.79 Å². The standard InChI is InChI=1S/C15H14FNO2S/c1-2-9-10-6-8(16)7-11(13(10)17-15(9)19)14(18)12-4-3-5-20-12/h3-7,9,14,18H,2H2,1H3,(H,17,19). The Hall–Kier alpha value is -1.72. The molecule has 2 atom stereocenters. The first-order valence-electron chi connectivity index (χ1n) is 6.47. The van der Waals surface area contributed by atoms with Crippen molar-refractivity contribution in [2.45, 2.75) is 25.4 Å². The Bertz CT molecular complexity index is 654. The average Bonchev–Trinajstić information content (AvgIpc) is 3.04. The minimum atomic E-state index is -0.921. The van der Waals surface area contributed by atoms with Crippen LogP contribution in [0.2, 0.25) is 0 Å². The van der Waals surface area contributed by atoms with E-state index in [1.807, 2.05) is 18.4 Å². The SMILES string of the molecule is CCC1C(=O)Nc2c1cc(F)cc2C(O)c1cccs1. The fourth-order valence-electron chi connectivity index (χ4n) is 2.64. The average molecular weight is 291 g/mol. The summed E-state index contributed by atoms with van der Waals surface area (Å²) in [5, 5.41) is 15.0. The van der Waals surface area contributed by atoms with E-state index in [4.69, 9.17) is 0 Å². The molecule has 0 saturated carbocycles. The normalized spacial score (nSPS) is 18.8. The van der Waals surface area contributed by atoms with Gasteiger partial charge in [-0.2, -0.15) is 0 Å². The predicted octanol–water partition coefficient (Wildman–Crippen LogP) is 3.41. The molecule has 20 heavy (non-hydrogen) atoms. The summed E-state index contributed by atoms with van der Waals surface area (Å²) in [7, 11) is 0. The molecule has 5 heteroatoms. The number of carbonyl (C=O) groups excluding carboxylic acids is 1. The van der Waals surface area contributed by atoms with Gasteiger partial charge in [0.2, 0.25) is 5.91 Å². The molecule has 104 valence electrons. The molecule has 0 aliphatic carbocycles. The second-order valence-electron chi connectivity index (χ2n) is 4.83. The van der Waals surface area contributed by atoms with Crippen molar-refractivity contribution in [2.75, 3.05) is 5.32 Å². The number of hydrogen-bond acceptors (Lipinski definition) is 3. The van der Waals surface area contributed by atoms with Crippen LogP contribution < -0.4 is 5.32 Å². The molecule has 0 radical (unpaired) electrons. The van der Waals surface area contributed by atoms with Crippen LogP contribution in [-0.4, -0.2) is 11.0 Å². The number of aliphatic hydroxyl groups excluding tert-OH is 1. The number of amides is 1. The van der Waals surface area contributed by atoms with E-state index in [1.165, 1.54) is 23.5 Å². The van der Waals surface area contributed by atoms with Crippen LogP contribution in [0.15, 0.2) is 29.6 Å². The summed E-state index contributed by atoms with van der Waals surface area (Å²) in [6, 6.07) is 6.30. The lowest BCUT2D eigenvalue weighted by atomic mass is 9.94. The Morgan fingerprint density at radius 1 is 1.50 bits per heavy atom. The van der Waals surface area contributed by atoms with Crippen molar-refractivity contribution in [3.05, 3.63) is 51.5 Å². The number of nitrogens with one attached hydrogen (secondary N) is 1. The van der Waals surface area contributed by atoms with E-state index in [-0.39, 0.29) is 11.8 Å². The van der Waals surface area contributed by atoms with Gasteiger partial charge in [0.05, 0.1) is 11.6 Å². The summed E-state index contributed by atoms with van der Waals surface area (Å²) >= 11 is 1.40. The van der Waals surface area contributed by atoms with E-state index in [2.05, 4.69) is 5.32 Å². The van der Waals surface area contributed by atoms with Gasteiger partial charge >= 0.3 is 0 Å². The molecule has 0 spiro atoms. The number of halogens is 1. The molecule has 0 bridgehead atoms. The maximum atomic E-state index is 13.8. The van der Waals surface area contributed by atoms with Crippen LogP contribution in [-0.2, 0) is 4.79 Å². The predicted molar refractivity (Wildman–Crippen MR) is 76.4 cm³/mol. The third-order valence-electron chi connectivity index (χ3n) is 3.62. The second kappa shape index (κ2) is 5.00. The van der Waals surface area contributed by atoms with Crippen molar-refractivity contribution in [1.29, 1.82) is 0 Å². The minimum absolute atomic E-state index is 0.132. The summed E-state index contributed by atoms with van der Waals surface area (Å²) in [5.74, 6) is -0.896. The topological polar surface area (TPSA) is 49.3 Å². The second-order valence-corrected chi connectivity index (χ2v) is 5.81. The number of fused-ring (bicyclic) bond motifs is 1. The molecular weight excluding hydrogens is 277 g/mol. The van der Waals surface area contributed by atoms with Gasteiger partial charge in [0, 0.05) is 10.4 Å². The highest BCUT2D eigenvalue weighted by molar-refractivity contribution is 7.10. The van der Waals surface area contributed by atoms with Crippen LogP contribution >= 0.6 is 11.3 Å². The Morgan fingerprint density at radius 2 is 2.30 bits per heavy atom. The molecular formula is C15H14FNO2S. The van der Waals surface area contributed by atoms with Gasteiger partial charge in [0.15, 0.2) is 0 Å². The number of benzene rings is 1. The number of aliphatic hydroxyl groups is 1. The highest BCUT2D eigenvalue weighted by Gasteiger charge is 2.33. The molecule has 1 aromatic carbocycles. The summed E-state index contributed by atoms with van der Waals surface area (Å²) in [5.41, 5.74) is 1.62. The Morgan fingerprint density at radius 3 is 2.95 bits per heavy atom. The molecule has 2 heterocycles. The smallest absolute Gasteiger partial charge is 0.232 e. The van der Waals surface area contributed by atoms with E-state index < -0.39 is 11.9 Å². The van der Waals surface area contributed by atoms with Crippen molar-refractivity contribution >= 4 is 22.9 Å². The van der Waals surface area contributed by atoms with E-state index in [1.54, 1.807) is 6.07 Å². The van der Waals surface area contributed by atoms with Crippen LogP contribution in [0.3, 0.4) is 0 Å². The molecule has 1 amide bonds. The first-order valence-corrected chi connectivity index (χ1v) is 7.35. The summed E-state index contributed by atoms with van der Waals surface area (Å²) in [6.07, 6.45) is -0.313. The zero-order chi connectivity index (χ0) is 14.3. The molecule has 2 aromatic rings. The molecule has 2 unspecified atom stereocenters. The van der Waals surface area contributed by atoms with Gasteiger partial charge in [-0.15, -0.1) is 11.3 Å². The Kier molecular flexibility index (Phi) is 3.31. The van der Waals surface area contributed by atoms with Crippen molar-refractivity contribution in [3.63, 3.8) is 0 Å². The van der Waals surface area contributed by atoms with Crippen molar-refractivity contribution in [3.8, 4) is 0 Å². The first kappa shape index (κ1) is 13.3. The van der Waals surface area contributed by atoms with Crippen LogP contribution in [0.4, 0.5) is 10.1 Å². The zero-order valence-electron chi connectivity index (χ0n) is 10.9. The van der Waals surface area contributed by atoms with E-state index in [9.17, 15) is 14.3 Å². The highest BCUT2D eigenvalue weighted by Crippen LogP contribution is 2.41. The molecule has 1 aromatic heterocycles. The van der Waals surface area contributed by atoms with Crippen LogP contribution in [0, 0.1) is 5.82 Å². The molecule has 3 rings (SSSR count). The molecule has 1 aliphatic heterocycles. The van der Waals surface area contributed by atoms with Crippen molar-refractivity contribution in [1.82, 2.24) is 0 Å². The summed E-state index contributed by atoms with van der Waals surface area (Å²) in [6.45, 7) is 1.89. The number of thiophene rings is 1. The lowest BCUT2D eigenvalue weighted by molar-refractivity contribution is -0.117. The van der Waals surface area contributed by atoms with Gasteiger partial charge in [0.25, 0.3) is 0 Å². The third kappa shape index (κ3) is 2.03. The quantitative estimate of drug-likeness (QED) is 0.910. The summed E-state index contributed by atoms with van der Waals surface area (Å²) < 4.78 is 13.8. The van der Waals surface area contributed by atoms with Crippen molar-refractivity contribution < 1.29 is 14.3 Å². The van der Waals surface area contributed by atoms with Gasteiger partial charge in [-0.25, -0.2) is 4.39 Å². The van der Waals surface area contributed by atoms with Gasteiger partial charge in [-0.1, -0.05) is 13.0 Å². The first-order chi connectivity index (χ1) is 9.61. The van der Waals surface area contributed by atoms with Crippen LogP contribution in [0.25, 0.3) is 0 Å². The lowest BCUT2D eigenvalue weighted by Crippen LogP contribution is -2.11. The maximum Gasteiger partial charge on any atom is 0.232 e. The van der Waals surface area contributed by atoms with Gasteiger partial charge in [-0.05, 0) is 35.6 Å². The van der Waals surface area contributed by atoms with E-state index in [0.29, 0.717) is 23.2 Å². The molecule has 0 fully saturated rings. The number of carbonyl (C=O) groups is 1. The van der Waals surface area contributed by atoms with Crippen LogP contribution in [0.1, 0.15) is 41.4 Å². The third-order valence-corrected chi connectivity index (χ3v) is 4.54. The van der Waals surface area contributed by atoms with Crippen molar-refractivity contribution in [2.24, 2.45) is 0 Å². The fourth-order valence-corrected chi connectivity index (χ4v) is 3.37. The molecule has 1 aliphatic rings. The van der Waals surface area contributed by atoms with E-state index >= 15 is 0 Å². The zero-order valence-corrected chi connectivity index (χ0v) is 11.7. The molecule has 0 saturated heterocycles. The Balaban J connectivity index is 2.12. The molecule has 2 N–H and O–H groups in total. The summed E-state index contributed by atoms with van der Waals surface area (Å²) in [4.78, 5) is 12.7. The molecule has 3 nitrogen and oxygen atoms in total. The monoisotopic (exact) mass is 291 g/mol. The maximum absolute atomic E-state index is 13.8. The fraction of sp³-hybridized carbons (Fsp3) is 0.267. The Labute approximate surface area is 120 Å². The lowest BCUT2D eigenvalue weighted by Gasteiger charge is -2.14. The number of hydrogen-bond donors (Lipinski definition) is 2. The highest BCUT2D eigenvalue weighted by atomic mass is 32.1. The number of rotatable bonds is 3. The van der Waals surface area contributed by atoms with Gasteiger partial charge < -0.3 is 10.4 Å². The minimum Gasteiger partial charge on any atom is -0.383 e. The number of anilines is 1. The largest absolute Gasteiger partial charge is 0.383 e.